The van der Waals surface area contributed by atoms with Crippen molar-refractivity contribution in [1.29, 1.82) is 0 Å². The van der Waals surface area contributed by atoms with Crippen LogP contribution in [0.1, 0.15) is 142 Å². The van der Waals surface area contributed by atoms with Crippen molar-refractivity contribution in [3.63, 3.8) is 0 Å². The molecule has 0 aromatic carbocycles. The maximum atomic E-state index is 12.6. The topological polar surface area (TPSA) is 152 Å². The zero-order valence-electron chi connectivity index (χ0n) is 27.0. The van der Waals surface area contributed by atoms with Gasteiger partial charge in [-0.05, 0) is 12.8 Å². The summed E-state index contributed by atoms with van der Waals surface area (Å²) in [6.45, 7) is 3.34. The van der Waals surface area contributed by atoms with E-state index in [1.54, 1.807) is 0 Å². The van der Waals surface area contributed by atoms with E-state index in [4.69, 9.17) is 18.9 Å². The standard InChI is InChI=1S/C33H62O10/c1-3-5-7-9-11-12-13-14-16-18-20-22-29(36)42-26(24-40-28(35)21-19-17-15-10-8-6-4-2)25-41-33-32(39)31(38)30(37)27(23-34)43-33/h26-27,30-34,37-39H,3-25H2,1-2H3/t26-,27-,30+,31+,32-,33-/m1/s1. The second-order valence-electron chi connectivity index (χ2n) is 12.0. The molecular weight excluding hydrogens is 556 g/mol. The molecule has 6 atom stereocenters. The Bertz CT molecular complexity index is 689. The Morgan fingerprint density at radius 3 is 1.58 bits per heavy atom. The normalized spacial score (nSPS) is 22.8. The van der Waals surface area contributed by atoms with Gasteiger partial charge >= 0.3 is 11.9 Å². The third-order valence-corrected chi connectivity index (χ3v) is 7.99. The van der Waals surface area contributed by atoms with Gasteiger partial charge in [-0.25, -0.2) is 0 Å². The molecule has 0 radical (unpaired) electrons. The van der Waals surface area contributed by atoms with Gasteiger partial charge in [0, 0.05) is 12.8 Å². The second kappa shape index (κ2) is 26.0. The molecule has 10 nitrogen and oxygen atoms in total. The van der Waals surface area contributed by atoms with Crippen LogP contribution in [-0.2, 0) is 28.5 Å². The lowest BCUT2D eigenvalue weighted by Gasteiger charge is -2.39. The highest BCUT2D eigenvalue weighted by atomic mass is 16.7. The molecule has 43 heavy (non-hydrogen) atoms. The first-order chi connectivity index (χ1) is 20.8. The van der Waals surface area contributed by atoms with Gasteiger partial charge < -0.3 is 39.4 Å². The summed E-state index contributed by atoms with van der Waals surface area (Å²) in [7, 11) is 0. The van der Waals surface area contributed by atoms with Crippen LogP contribution in [-0.4, -0.2) is 89.0 Å². The zero-order chi connectivity index (χ0) is 31.7. The summed E-state index contributed by atoms with van der Waals surface area (Å²) in [6.07, 6.45) is 12.8. The zero-order valence-corrected chi connectivity index (χ0v) is 27.0. The number of unbranched alkanes of at least 4 members (excludes halogenated alkanes) is 16. The Labute approximate surface area is 259 Å². The number of ether oxygens (including phenoxy) is 4. The van der Waals surface area contributed by atoms with Crippen LogP contribution in [0.4, 0.5) is 0 Å². The molecule has 1 heterocycles. The molecule has 1 aliphatic heterocycles. The Hall–Kier alpha value is -1.30. The summed E-state index contributed by atoms with van der Waals surface area (Å²) in [5, 5.41) is 39.7. The van der Waals surface area contributed by atoms with E-state index in [0.717, 1.165) is 44.9 Å². The third-order valence-electron chi connectivity index (χ3n) is 7.99. The first-order valence-corrected chi connectivity index (χ1v) is 17.1. The van der Waals surface area contributed by atoms with Gasteiger partial charge in [-0.1, -0.05) is 117 Å². The van der Waals surface area contributed by atoms with Gasteiger partial charge in [0.05, 0.1) is 13.2 Å². The number of rotatable bonds is 27. The molecule has 1 saturated heterocycles. The molecule has 0 aromatic heterocycles. The van der Waals surface area contributed by atoms with Gasteiger partial charge in [0.2, 0.25) is 0 Å². The number of carbonyl (C=O) groups is 2. The maximum absolute atomic E-state index is 12.6. The lowest BCUT2D eigenvalue weighted by Crippen LogP contribution is -2.59. The largest absolute Gasteiger partial charge is 0.462 e. The average molecular weight is 619 g/mol. The third kappa shape index (κ3) is 19.0. The fourth-order valence-electron chi connectivity index (χ4n) is 5.19. The van der Waals surface area contributed by atoms with Crippen LogP contribution in [0.2, 0.25) is 0 Å². The van der Waals surface area contributed by atoms with Crippen LogP contribution >= 0.6 is 0 Å². The predicted molar refractivity (Wildman–Crippen MR) is 164 cm³/mol. The van der Waals surface area contributed by atoms with E-state index in [2.05, 4.69) is 13.8 Å². The van der Waals surface area contributed by atoms with Crippen LogP contribution in [0, 0.1) is 0 Å². The summed E-state index contributed by atoms with van der Waals surface area (Å²) in [4.78, 5) is 24.9. The predicted octanol–water partition coefficient (Wildman–Crippen LogP) is 5.10. The maximum Gasteiger partial charge on any atom is 0.306 e. The number of hydrogen-bond acceptors (Lipinski definition) is 10. The van der Waals surface area contributed by atoms with Crippen LogP contribution in [0.25, 0.3) is 0 Å². The summed E-state index contributed by atoms with van der Waals surface area (Å²) in [5.41, 5.74) is 0. The van der Waals surface area contributed by atoms with Gasteiger partial charge in [0.25, 0.3) is 0 Å². The molecule has 10 heteroatoms. The molecule has 0 unspecified atom stereocenters. The molecule has 1 fully saturated rings. The Morgan fingerprint density at radius 2 is 1.09 bits per heavy atom. The molecule has 1 aliphatic rings. The lowest BCUT2D eigenvalue weighted by molar-refractivity contribution is -0.305. The summed E-state index contributed by atoms with van der Waals surface area (Å²) in [5.74, 6) is -0.811. The average Bonchev–Trinajstić information content (AvgIpc) is 3.00. The molecule has 0 amide bonds. The number of aliphatic hydroxyl groups excluding tert-OH is 4. The van der Waals surface area contributed by atoms with Gasteiger partial charge in [-0.2, -0.15) is 0 Å². The second-order valence-corrected chi connectivity index (χ2v) is 12.0. The summed E-state index contributed by atoms with van der Waals surface area (Å²) < 4.78 is 21.9. The minimum Gasteiger partial charge on any atom is -0.462 e. The molecule has 0 aromatic rings. The molecule has 0 saturated carbocycles. The first-order valence-electron chi connectivity index (χ1n) is 17.1. The molecule has 254 valence electrons. The monoisotopic (exact) mass is 618 g/mol. The molecule has 0 bridgehead atoms. The smallest absolute Gasteiger partial charge is 0.306 e. The number of esters is 2. The van der Waals surface area contributed by atoms with Crippen LogP contribution in [0.15, 0.2) is 0 Å². The van der Waals surface area contributed by atoms with E-state index < -0.39 is 49.4 Å². The highest BCUT2D eigenvalue weighted by molar-refractivity contribution is 5.70. The first kappa shape index (κ1) is 39.7. The van der Waals surface area contributed by atoms with Crippen LogP contribution < -0.4 is 0 Å². The number of carbonyl (C=O) groups excluding carboxylic acids is 2. The molecular formula is C33H62O10. The summed E-state index contributed by atoms with van der Waals surface area (Å²) >= 11 is 0. The minimum atomic E-state index is -1.59. The van der Waals surface area contributed by atoms with E-state index in [0.29, 0.717) is 6.42 Å². The van der Waals surface area contributed by atoms with Crippen molar-refractivity contribution in [2.75, 3.05) is 19.8 Å². The van der Waals surface area contributed by atoms with Crippen molar-refractivity contribution in [1.82, 2.24) is 0 Å². The van der Waals surface area contributed by atoms with Gasteiger partial charge in [-0.3, -0.25) is 9.59 Å². The number of aliphatic hydroxyl groups is 4. The number of hydrogen-bond donors (Lipinski definition) is 4. The van der Waals surface area contributed by atoms with Gasteiger partial charge in [0.1, 0.15) is 31.0 Å². The summed E-state index contributed by atoms with van der Waals surface area (Å²) in [6, 6.07) is 0. The van der Waals surface area contributed by atoms with Crippen molar-refractivity contribution in [3.8, 4) is 0 Å². The van der Waals surface area contributed by atoms with Crippen LogP contribution in [0.3, 0.4) is 0 Å². The fraction of sp³-hybridized carbons (Fsp3) is 0.939. The highest BCUT2D eigenvalue weighted by Crippen LogP contribution is 2.22. The highest BCUT2D eigenvalue weighted by Gasteiger charge is 2.44. The Kier molecular flexibility index (Phi) is 24.0. The van der Waals surface area contributed by atoms with Crippen LogP contribution in [0.5, 0.6) is 0 Å². The molecule has 1 rings (SSSR count). The van der Waals surface area contributed by atoms with Gasteiger partial charge in [0.15, 0.2) is 12.4 Å². The van der Waals surface area contributed by atoms with E-state index in [1.807, 2.05) is 0 Å². The lowest BCUT2D eigenvalue weighted by atomic mass is 9.99. The van der Waals surface area contributed by atoms with Crippen molar-refractivity contribution in [2.45, 2.75) is 179 Å². The minimum absolute atomic E-state index is 0.212. The molecule has 0 spiro atoms. The van der Waals surface area contributed by atoms with Crippen molar-refractivity contribution < 1.29 is 49.0 Å². The van der Waals surface area contributed by atoms with Gasteiger partial charge in [-0.15, -0.1) is 0 Å². The van der Waals surface area contributed by atoms with Crippen molar-refractivity contribution in [3.05, 3.63) is 0 Å². The SMILES string of the molecule is CCCCCCCCCCCCCC(=O)O[C@H](COC(=O)CCCCCCCCC)CO[C@@H]1O[C@H](CO)[C@H](O)[C@H](O)[C@H]1O. The Balaban J connectivity index is 2.45. The molecule has 4 N–H and O–H groups in total. The quantitative estimate of drug-likeness (QED) is 0.0723. The van der Waals surface area contributed by atoms with Crippen molar-refractivity contribution >= 4 is 11.9 Å². The fourth-order valence-corrected chi connectivity index (χ4v) is 5.19. The van der Waals surface area contributed by atoms with E-state index in [9.17, 15) is 30.0 Å². The van der Waals surface area contributed by atoms with Crippen molar-refractivity contribution in [2.24, 2.45) is 0 Å². The molecule has 0 aliphatic carbocycles. The van der Waals surface area contributed by atoms with E-state index in [-0.39, 0.29) is 32.0 Å². The van der Waals surface area contributed by atoms with E-state index >= 15 is 0 Å². The Morgan fingerprint density at radius 1 is 0.628 bits per heavy atom. The van der Waals surface area contributed by atoms with E-state index in [1.165, 1.54) is 64.2 Å².